The average molecular weight is 332 g/mol. The van der Waals surface area contributed by atoms with Crippen LogP contribution >= 0.6 is 11.8 Å². The van der Waals surface area contributed by atoms with Crippen molar-refractivity contribution in [1.29, 1.82) is 0 Å². The van der Waals surface area contributed by atoms with E-state index in [-0.39, 0.29) is 11.9 Å². The fourth-order valence-corrected chi connectivity index (χ4v) is 2.90. The summed E-state index contributed by atoms with van der Waals surface area (Å²) in [5.74, 6) is 0.490. The van der Waals surface area contributed by atoms with Gasteiger partial charge in [-0.15, -0.1) is 0 Å². The first-order chi connectivity index (χ1) is 10.4. The maximum atomic E-state index is 12.5. The standard InChI is InChI=1S/C15H19F3N2OS/c1-22-10-14(21)19-13-6-7-20(9-13)8-11-2-4-12(5-3-11)15(16,17)18/h2-5,13H,6-10H2,1H3,(H,19,21)/t13-/m0/s1. The van der Waals surface area contributed by atoms with Crippen LogP contribution < -0.4 is 5.32 Å². The number of halogens is 3. The van der Waals surface area contributed by atoms with Crippen molar-refractivity contribution in [3.63, 3.8) is 0 Å². The Bertz CT molecular complexity index is 505. The number of hydrogen-bond donors (Lipinski definition) is 1. The van der Waals surface area contributed by atoms with Crippen molar-refractivity contribution in [2.45, 2.75) is 25.2 Å². The van der Waals surface area contributed by atoms with Crippen molar-refractivity contribution in [2.75, 3.05) is 25.1 Å². The third kappa shape index (κ3) is 4.91. The molecule has 1 aliphatic rings. The van der Waals surface area contributed by atoms with Gasteiger partial charge >= 0.3 is 6.18 Å². The number of amides is 1. The van der Waals surface area contributed by atoms with Gasteiger partial charge in [0.1, 0.15) is 0 Å². The predicted molar refractivity (Wildman–Crippen MR) is 81.7 cm³/mol. The third-order valence-electron chi connectivity index (χ3n) is 3.60. The van der Waals surface area contributed by atoms with Gasteiger partial charge in [0.15, 0.2) is 0 Å². The zero-order chi connectivity index (χ0) is 16.2. The highest BCUT2D eigenvalue weighted by atomic mass is 32.2. The normalized spacial score (nSPS) is 19.4. The van der Waals surface area contributed by atoms with Gasteiger partial charge in [-0.2, -0.15) is 24.9 Å². The molecule has 1 aromatic carbocycles. The second-order valence-electron chi connectivity index (χ2n) is 5.42. The lowest BCUT2D eigenvalue weighted by atomic mass is 10.1. The van der Waals surface area contributed by atoms with Crippen LogP contribution in [0.4, 0.5) is 13.2 Å². The molecular formula is C15H19F3N2OS. The molecule has 0 saturated carbocycles. The second-order valence-corrected chi connectivity index (χ2v) is 6.28. The summed E-state index contributed by atoms with van der Waals surface area (Å²) in [6, 6.07) is 5.39. The number of carbonyl (C=O) groups excluding carboxylic acids is 1. The summed E-state index contributed by atoms with van der Waals surface area (Å²) in [5, 5.41) is 2.97. The molecule has 1 N–H and O–H groups in total. The minimum atomic E-state index is -4.29. The molecule has 1 atom stereocenters. The van der Waals surface area contributed by atoms with Gasteiger partial charge in [-0.3, -0.25) is 9.69 Å². The van der Waals surface area contributed by atoms with Crippen LogP contribution in [0.1, 0.15) is 17.5 Å². The van der Waals surface area contributed by atoms with Gasteiger partial charge in [-0.05, 0) is 30.4 Å². The zero-order valence-electron chi connectivity index (χ0n) is 12.3. The highest BCUT2D eigenvalue weighted by molar-refractivity contribution is 7.99. The Kier molecular flexibility index (Phi) is 5.74. The first-order valence-electron chi connectivity index (χ1n) is 7.05. The van der Waals surface area contributed by atoms with Crippen LogP contribution in [0.5, 0.6) is 0 Å². The van der Waals surface area contributed by atoms with Gasteiger partial charge in [-0.25, -0.2) is 0 Å². The summed E-state index contributed by atoms with van der Waals surface area (Å²) in [6.45, 7) is 2.18. The largest absolute Gasteiger partial charge is 0.416 e. The lowest BCUT2D eigenvalue weighted by Gasteiger charge is -2.17. The predicted octanol–water partition coefficient (Wildman–Crippen LogP) is 2.76. The van der Waals surface area contributed by atoms with E-state index in [9.17, 15) is 18.0 Å². The molecule has 1 fully saturated rings. The molecule has 1 aliphatic heterocycles. The van der Waals surface area contributed by atoms with Crippen LogP contribution in [0.2, 0.25) is 0 Å². The van der Waals surface area contributed by atoms with Gasteiger partial charge < -0.3 is 5.32 Å². The number of benzene rings is 1. The minimum Gasteiger partial charge on any atom is -0.351 e. The fourth-order valence-electron chi connectivity index (χ4n) is 2.55. The molecule has 122 valence electrons. The molecular weight excluding hydrogens is 313 g/mol. The van der Waals surface area contributed by atoms with E-state index in [0.717, 1.165) is 37.2 Å². The first kappa shape index (κ1) is 17.1. The van der Waals surface area contributed by atoms with Crippen molar-refractivity contribution in [3.05, 3.63) is 35.4 Å². The van der Waals surface area contributed by atoms with Crippen LogP contribution in [-0.2, 0) is 17.5 Å². The Labute approximate surface area is 132 Å². The van der Waals surface area contributed by atoms with Crippen molar-refractivity contribution in [3.8, 4) is 0 Å². The van der Waals surface area contributed by atoms with E-state index in [0.29, 0.717) is 12.3 Å². The zero-order valence-corrected chi connectivity index (χ0v) is 13.1. The lowest BCUT2D eigenvalue weighted by molar-refractivity contribution is -0.137. The van der Waals surface area contributed by atoms with E-state index < -0.39 is 11.7 Å². The van der Waals surface area contributed by atoms with Crippen LogP contribution in [0.25, 0.3) is 0 Å². The van der Waals surface area contributed by atoms with Crippen molar-refractivity contribution in [1.82, 2.24) is 10.2 Å². The number of rotatable bonds is 5. The average Bonchev–Trinajstić information content (AvgIpc) is 2.85. The molecule has 0 aromatic heterocycles. The van der Waals surface area contributed by atoms with Crippen LogP contribution in [0.15, 0.2) is 24.3 Å². The fraction of sp³-hybridized carbons (Fsp3) is 0.533. The molecule has 3 nitrogen and oxygen atoms in total. The molecule has 0 aliphatic carbocycles. The Morgan fingerprint density at radius 1 is 1.36 bits per heavy atom. The molecule has 0 spiro atoms. The van der Waals surface area contributed by atoms with Crippen molar-refractivity contribution in [2.24, 2.45) is 0 Å². The molecule has 1 aromatic rings. The van der Waals surface area contributed by atoms with E-state index >= 15 is 0 Å². The monoisotopic (exact) mass is 332 g/mol. The Morgan fingerprint density at radius 2 is 2.05 bits per heavy atom. The molecule has 1 saturated heterocycles. The molecule has 1 heterocycles. The summed E-state index contributed by atoms with van der Waals surface area (Å²) >= 11 is 1.48. The number of alkyl halides is 3. The maximum absolute atomic E-state index is 12.5. The summed E-state index contributed by atoms with van der Waals surface area (Å²) in [7, 11) is 0. The molecule has 2 rings (SSSR count). The van der Waals surface area contributed by atoms with Crippen molar-refractivity contribution >= 4 is 17.7 Å². The summed E-state index contributed by atoms with van der Waals surface area (Å²) in [4.78, 5) is 13.7. The van der Waals surface area contributed by atoms with Gasteiger partial charge in [0.25, 0.3) is 0 Å². The van der Waals surface area contributed by atoms with Crippen LogP contribution in [0, 0.1) is 0 Å². The quantitative estimate of drug-likeness (QED) is 0.900. The van der Waals surface area contributed by atoms with E-state index in [1.54, 1.807) is 0 Å². The van der Waals surface area contributed by atoms with Crippen LogP contribution in [-0.4, -0.2) is 41.9 Å². The third-order valence-corrected chi connectivity index (χ3v) is 4.15. The number of hydrogen-bond acceptors (Lipinski definition) is 3. The number of carbonyl (C=O) groups is 1. The highest BCUT2D eigenvalue weighted by Gasteiger charge is 2.30. The van der Waals surface area contributed by atoms with E-state index in [1.807, 2.05) is 6.26 Å². The molecule has 0 unspecified atom stereocenters. The highest BCUT2D eigenvalue weighted by Crippen LogP contribution is 2.29. The second kappa shape index (κ2) is 7.37. The Hall–Kier alpha value is -1.21. The van der Waals surface area contributed by atoms with Crippen LogP contribution in [0.3, 0.4) is 0 Å². The molecule has 0 radical (unpaired) electrons. The Balaban J connectivity index is 1.84. The van der Waals surface area contributed by atoms with Gasteiger partial charge in [0.05, 0.1) is 11.3 Å². The molecule has 7 heteroatoms. The first-order valence-corrected chi connectivity index (χ1v) is 8.44. The van der Waals surface area contributed by atoms with E-state index in [1.165, 1.54) is 23.9 Å². The maximum Gasteiger partial charge on any atom is 0.416 e. The minimum absolute atomic E-state index is 0.0360. The smallest absolute Gasteiger partial charge is 0.351 e. The van der Waals surface area contributed by atoms with Gasteiger partial charge in [-0.1, -0.05) is 12.1 Å². The number of likely N-dealkylation sites (tertiary alicyclic amines) is 1. The summed E-state index contributed by atoms with van der Waals surface area (Å²) in [5.41, 5.74) is 0.226. The molecule has 0 bridgehead atoms. The summed E-state index contributed by atoms with van der Waals surface area (Å²) < 4.78 is 37.5. The van der Waals surface area contributed by atoms with Gasteiger partial charge in [0, 0.05) is 25.7 Å². The van der Waals surface area contributed by atoms with E-state index in [2.05, 4.69) is 10.2 Å². The Morgan fingerprint density at radius 3 is 2.64 bits per heavy atom. The molecule has 1 amide bonds. The van der Waals surface area contributed by atoms with Gasteiger partial charge in [0.2, 0.25) is 5.91 Å². The number of nitrogens with one attached hydrogen (secondary N) is 1. The van der Waals surface area contributed by atoms with E-state index in [4.69, 9.17) is 0 Å². The SMILES string of the molecule is CSCC(=O)N[C@H]1CCN(Cc2ccc(C(F)(F)F)cc2)C1. The number of nitrogens with zero attached hydrogens (tertiary/aromatic N) is 1. The summed E-state index contributed by atoms with van der Waals surface area (Å²) in [6.07, 6.45) is -1.54. The molecule has 22 heavy (non-hydrogen) atoms. The van der Waals surface area contributed by atoms with Crippen molar-refractivity contribution < 1.29 is 18.0 Å². The topological polar surface area (TPSA) is 32.3 Å². The lowest BCUT2D eigenvalue weighted by Crippen LogP contribution is -2.37. The number of thioether (sulfide) groups is 1.